The van der Waals surface area contributed by atoms with Crippen LogP contribution in [0.15, 0.2) is 102 Å². The number of carbonyl (C=O) groups excluding carboxylic acids is 2. The van der Waals surface area contributed by atoms with Gasteiger partial charge in [0, 0.05) is 48.0 Å². The van der Waals surface area contributed by atoms with Crippen LogP contribution >= 0.6 is 0 Å². The normalized spacial score (nSPS) is 11.9. The summed E-state index contributed by atoms with van der Waals surface area (Å²) in [6.45, 7) is 3.90. The van der Waals surface area contributed by atoms with E-state index in [1.54, 1.807) is 61.8 Å². The number of aryl methyl sites for hydroxylation is 1. The van der Waals surface area contributed by atoms with Crippen molar-refractivity contribution >= 4 is 34.1 Å². The molecule has 0 saturated carbocycles. The molecule has 9 nitrogen and oxygen atoms in total. The molecule has 0 aliphatic carbocycles. The smallest absolute Gasteiger partial charge is 0.449 e. The van der Waals surface area contributed by atoms with Crippen molar-refractivity contribution in [3.63, 3.8) is 0 Å². The Balaban J connectivity index is 1.34. The topological polar surface area (TPSA) is 113 Å². The highest BCUT2D eigenvalue weighted by Gasteiger charge is 2.32. The lowest BCUT2D eigenvalue weighted by Crippen LogP contribution is -2.32. The van der Waals surface area contributed by atoms with E-state index in [1.165, 1.54) is 23.1 Å². The molecule has 5 rings (SSSR count). The van der Waals surface area contributed by atoms with Crippen molar-refractivity contribution in [2.75, 3.05) is 30.8 Å². The third kappa shape index (κ3) is 8.98. The minimum absolute atomic E-state index is 0.0253. The predicted molar refractivity (Wildman–Crippen MR) is 183 cm³/mol. The van der Waals surface area contributed by atoms with Gasteiger partial charge in [-0.15, -0.1) is 13.2 Å². The molecule has 0 fully saturated rings. The van der Waals surface area contributed by atoms with E-state index >= 15 is 0 Å². The number of likely N-dealkylation sites (N-methyl/N-ethyl adjacent to an activating group) is 1. The number of aromatic amines is 1. The Morgan fingerprint density at radius 1 is 0.918 bits per heavy atom. The number of halogens is 3. The molecule has 0 aliphatic rings. The number of para-hydroxylation sites is 1. The number of rotatable bonds is 11. The van der Waals surface area contributed by atoms with Crippen LogP contribution in [0.3, 0.4) is 0 Å². The second-order valence-electron chi connectivity index (χ2n) is 11.6. The first kappa shape index (κ1) is 34.6. The number of alkyl halides is 3. The van der Waals surface area contributed by atoms with Crippen LogP contribution in [0, 0.1) is 6.92 Å². The molecule has 1 heterocycles. The van der Waals surface area contributed by atoms with Gasteiger partial charge in [-0.3, -0.25) is 14.9 Å². The van der Waals surface area contributed by atoms with Gasteiger partial charge < -0.3 is 24.7 Å². The Bertz CT molecular complexity index is 2030. The zero-order chi connectivity index (χ0) is 35.1. The summed E-state index contributed by atoms with van der Waals surface area (Å²) in [5.41, 5.74) is 3.72. The van der Waals surface area contributed by atoms with Gasteiger partial charge >= 0.3 is 12.5 Å². The van der Waals surface area contributed by atoms with E-state index in [2.05, 4.69) is 20.4 Å². The summed E-state index contributed by atoms with van der Waals surface area (Å²) in [6, 6.07) is 25.1. The Morgan fingerprint density at radius 3 is 2.43 bits per heavy atom. The Labute approximate surface area is 280 Å². The monoisotopic (exact) mass is 672 g/mol. The minimum atomic E-state index is -4.93. The molecule has 1 atom stereocenters. The second-order valence-corrected chi connectivity index (χ2v) is 11.6. The molecule has 3 N–H and O–H groups in total. The number of hydrogen-bond acceptors (Lipinski definition) is 6. The van der Waals surface area contributed by atoms with Crippen LogP contribution in [-0.4, -0.2) is 48.4 Å². The number of fused-ring (bicyclic) bond motifs is 1. The molecular formula is C37H35F3N4O5. The molecule has 254 valence electrons. The summed E-state index contributed by atoms with van der Waals surface area (Å²) in [4.78, 5) is 42.2. The fourth-order valence-corrected chi connectivity index (χ4v) is 5.50. The van der Waals surface area contributed by atoms with Crippen molar-refractivity contribution in [1.29, 1.82) is 0 Å². The predicted octanol–water partition coefficient (Wildman–Crippen LogP) is 7.82. The fraction of sp³-hybridized carbons (Fsp3) is 0.216. The highest BCUT2D eigenvalue weighted by molar-refractivity contribution is 5.88. The van der Waals surface area contributed by atoms with Crippen molar-refractivity contribution < 1.29 is 32.2 Å². The highest BCUT2D eigenvalue weighted by atomic mass is 19.4. The summed E-state index contributed by atoms with van der Waals surface area (Å²) in [5.74, 6) is -0.808. The van der Waals surface area contributed by atoms with E-state index in [4.69, 9.17) is 4.74 Å². The van der Waals surface area contributed by atoms with Crippen LogP contribution in [0.1, 0.15) is 29.5 Å². The number of nitrogens with one attached hydrogen (secondary N) is 3. The molecule has 0 aliphatic heterocycles. The standard InChI is InChI=1S/C37H35F3N4O5/c1-23-8-4-5-9-29(23)24(2)22-48-36(47)43-28-14-15-30(31-10-6-7-11-33(31)49-37(38,39)40)26(18-28)21-44(3)34(45)20-42-27-13-12-25-16-17-41-35(46)32(25)19-27/h4-19,24,42H,20-22H2,1-3H3,(H,41,46)(H,43,47). The van der Waals surface area contributed by atoms with E-state index < -0.39 is 18.2 Å². The lowest BCUT2D eigenvalue weighted by atomic mass is 9.97. The van der Waals surface area contributed by atoms with Crippen LogP contribution < -0.4 is 20.9 Å². The molecule has 0 spiro atoms. The highest BCUT2D eigenvalue weighted by Crippen LogP contribution is 2.37. The van der Waals surface area contributed by atoms with Crippen LogP contribution in [0.2, 0.25) is 0 Å². The van der Waals surface area contributed by atoms with Crippen LogP contribution in [0.5, 0.6) is 5.75 Å². The van der Waals surface area contributed by atoms with E-state index in [0.717, 1.165) is 16.5 Å². The largest absolute Gasteiger partial charge is 0.573 e. The first-order chi connectivity index (χ1) is 23.4. The Morgan fingerprint density at radius 2 is 1.65 bits per heavy atom. The summed E-state index contributed by atoms with van der Waals surface area (Å²) in [5, 5.41) is 6.92. The van der Waals surface area contributed by atoms with Crippen molar-refractivity contribution in [2.24, 2.45) is 0 Å². The van der Waals surface area contributed by atoms with Gasteiger partial charge in [0.2, 0.25) is 5.91 Å². The molecule has 0 radical (unpaired) electrons. The van der Waals surface area contributed by atoms with E-state index in [1.807, 2.05) is 38.1 Å². The van der Waals surface area contributed by atoms with Gasteiger partial charge in [-0.25, -0.2) is 4.79 Å². The van der Waals surface area contributed by atoms with E-state index in [9.17, 15) is 27.6 Å². The zero-order valence-electron chi connectivity index (χ0n) is 27.1. The van der Waals surface area contributed by atoms with Crippen molar-refractivity contribution in [3.05, 3.63) is 124 Å². The van der Waals surface area contributed by atoms with E-state index in [-0.39, 0.29) is 42.6 Å². The number of amides is 2. The number of hydrogen-bond donors (Lipinski definition) is 3. The van der Waals surface area contributed by atoms with Crippen molar-refractivity contribution in [1.82, 2.24) is 9.88 Å². The first-order valence-electron chi connectivity index (χ1n) is 15.4. The molecule has 5 aromatic rings. The quantitative estimate of drug-likeness (QED) is 0.132. The Kier molecular flexibility index (Phi) is 10.6. The van der Waals surface area contributed by atoms with Crippen molar-refractivity contribution in [2.45, 2.75) is 32.7 Å². The number of aromatic nitrogens is 1. The van der Waals surface area contributed by atoms with Gasteiger partial charge in [-0.05, 0) is 71.0 Å². The fourth-order valence-electron chi connectivity index (χ4n) is 5.50. The minimum Gasteiger partial charge on any atom is -0.449 e. The number of benzene rings is 4. The lowest BCUT2D eigenvalue weighted by molar-refractivity contribution is -0.274. The molecule has 1 unspecified atom stereocenters. The van der Waals surface area contributed by atoms with Gasteiger partial charge in [0.15, 0.2) is 0 Å². The number of nitrogens with zero attached hydrogens (tertiary/aromatic N) is 1. The summed E-state index contributed by atoms with van der Waals surface area (Å²) in [6.07, 6.45) is -4.08. The van der Waals surface area contributed by atoms with Gasteiger partial charge in [0.25, 0.3) is 5.56 Å². The van der Waals surface area contributed by atoms with Crippen LogP contribution in [0.4, 0.5) is 29.3 Å². The number of pyridine rings is 1. The third-order valence-electron chi connectivity index (χ3n) is 7.99. The molecule has 0 bridgehead atoms. The van der Waals surface area contributed by atoms with Crippen molar-refractivity contribution in [3.8, 4) is 16.9 Å². The number of H-pyrrole nitrogens is 1. The molecule has 4 aromatic carbocycles. The molecule has 0 saturated heterocycles. The number of ether oxygens (including phenoxy) is 2. The lowest BCUT2D eigenvalue weighted by Gasteiger charge is -2.22. The summed E-state index contributed by atoms with van der Waals surface area (Å²) in [7, 11) is 1.55. The third-order valence-corrected chi connectivity index (χ3v) is 7.99. The molecule has 12 heteroatoms. The van der Waals surface area contributed by atoms with Gasteiger partial charge in [0.05, 0.1) is 13.2 Å². The first-order valence-corrected chi connectivity index (χ1v) is 15.4. The average molecular weight is 673 g/mol. The SMILES string of the molecule is Cc1ccccc1C(C)COC(=O)Nc1ccc(-c2ccccc2OC(F)(F)F)c(CN(C)C(=O)CNc2ccc3cc[nH]c(=O)c3c2)c1. The Hall–Kier alpha value is -5.78. The second kappa shape index (κ2) is 15.0. The maximum Gasteiger partial charge on any atom is 0.573 e. The number of carbonyl (C=O) groups is 2. The molecule has 1 aromatic heterocycles. The van der Waals surface area contributed by atoms with Gasteiger partial charge in [0.1, 0.15) is 5.75 Å². The summed E-state index contributed by atoms with van der Waals surface area (Å²) < 4.78 is 49.7. The molecule has 2 amide bonds. The van der Waals surface area contributed by atoms with Gasteiger partial charge in [-0.2, -0.15) is 0 Å². The van der Waals surface area contributed by atoms with Gasteiger partial charge in [-0.1, -0.05) is 61.5 Å². The average Bonchev–Trinajstić information content (AvgIpc) is 3.06. The zero-order valence-corrected chi connectivity index (χ0v) is 27.1. The van der Waals surface area contributed by atoms with Crippen LogP contribution in [-0.2, 0) is 16.1 Å². The molecule has 49 heavy (non-hydrogen) atoms. The van der Waals surface area contributed by atoms with Crippen LogP contribution in [0.25, 0.3) is 21.9 Å². The molecular weight excluding hydrogens is 637 g/mol. The van der Waals surface area contributed by atoms with E-state index in [0.29, 0.717) is 27.9 Å². The maximum absolute atomic E-state index is 13.3. The summed E-state index contributed by atoms with van der Waals surface area (Å²) >= 11 is 0. The number of anilines is 2. The maximum atomic E-state index is 13.3.